The maximum Gasteiger partial charge on any atom is 0.236 e. The van der Waals surface area contributed by atoms with Crippen molar-refractivity contribution in [3.8, 4) is 0 Å². The molecule has 0 N–H and O–H groups in total. The average Bonchev–Trinajstić information content (AvgIpc) is 3.02. The molecule has 0 saturated carbocycles. The highest BCUT2D eigenvalue weighted by Gasteiger charge is 2.46. The van der Waals surface area contributed by atoms with E-state index >= 15 is 0 Å². The first-order valence-electron chi connectivity index (χ1n) is 14.7. The van der Waals surface area contributed by atoms with Gasteiger partial charge in [-0.2, -0.15) is 0 Å². The Labute approximate surface area is 248 Å². The largest absolute Gasteiger partial charge is 0.339 e. The summed E-state index contributed by atoms with van der Waals surface area (Å²) in [5, 5.41) is 0. The molecule has 2 heterocycles. The molecule has 0 spiro atoms. The molecule has 0 unspecified atom stereocenters. The molecule has 0 radical (unpaired) electrons. The number of nitrogens with zero attached hydrogens (tertiary/aromatic N) is 3. The minimum atomic E-state index is -0.512. The number of ketones is 2. The highest BCUT2D eigenvalue weighted by molar-refractivity contribution is 6.02. The fraction of sp³-hybridized carbons (Fsp3) is 0.371. The number of hydrogen-bond acceptors (Lipinski definition) is 5. The maximum atomic E-state index is 14.2. The Balaban J connectivity index is 1.51. The topological polar surface area (TPSA) is 78.0 Å². The monoisotopic (exact) mass is 565 g/mol. The molecule has 2 amide bonds. The third-order valence-corrected chi connectivity index (χ3v) is 9.01. The molecule has 42 heavy (non-hydrogen) atoms. The number of rotatable bonds is 7. The molecule has 0 aromatic heterocycles. The summed E-state index contributed by atoms with van der Waals surface area (Å²) < 4.78 is 0. The van der Waals surface area contributed by atoms with Crippen LogP contribution in [0.15, 0.2) is 78.9 Å². The predicted molar refractivity (Wildman–Crippen MR) is 162 cm³/mol. The lowest BCUT2D eigenvalue weighted by Gasteiger charge is -2.44. The molecule has 218 valence electrons. The third-order valence-electron chi connectivity index (χ3n) is 9.01. The number of piperidine rings is 1. The van der Waals surface area contributed by atoms with Crippen LogP contribution in [0.3, 0.4) is 0 Å². The number of amides is 2. The van der Waals surface area contributed by atoms with Crippen LogP contribution in [0.1, 0.15) is 50.2 Å². The van der Waals surface area contributed by atoms with Gasteiger partial charge in [0.1, 0.15) is 0 Å². The van der Waals surface area contributed by atoms with E-state index < -0.39 is 11.8 Å². The van der Waals surface area contributed by atoms with Gasteiger partial charge >= 0.3 is 0 Å². The quantitative estimate of drug-likeness (QED) is 0.397. The molecule has 2 saturated heterocycles. The lowest BCUT2D eigenvalue weighted by atomic mass is 9.67. The Kier molecular flexibility index (Phi) is 8.97. The van der Waals surface area contributed by atoms with Crippen molar-refractivity contribution in [2.45, 2.75) is 26.7 Å². The number of benzene rings is 3. The van der Waals surface area contributed by atoms with Crippen molar-refractivity contribution in [2.75, 3.05) is 45.8 Å². The van der Waals surface area contributed by atoms with Crippen LogP contribution in [0.2, 0.25) is 0 Å². The minimum absolute atomic E-state index is 0.0140. The minimum Gasteiger partial charge on any atom is -0.339 e. The van der Waals surface area contributed by atoms with E-state index in [9.17, 15) is 19.2 Å². The number of aryl methyl sites for hydroxylation is 1. The van der Waals surface area contributed by atoms with E-state index in [4.69, 9.17) is 0 Å². The lowest BCUT2D eigenvalue weighted by Crippen LogP contribution is -2.55. The van der Waals surface area contributed by atoms with Gasteiger partial charge in [-0.05, 0) is 30.5 Å². The normalized spacial score (nSPS) is 21.2. The van der Waals surface area contributed by atoms with Crippen LogP contribution in [0.5, 0.6) is 0 Å². The van der Waals surface area contributed by atoms with Crippen LogP contribution in [0.25, 0.3) is 0 Å². The van der Waals surface area contributed by atoms with Gasteiger partial charge < -0.3 is 9.80 Å². The third kappa shape index (κ3) is 6.21. The van der Waals surface area contributed by atoms with E-state index in [1.807, 2.05) is 71.6 Å². The molecule has 0 bridgehead atoms. The van der Waals surface area contributed by atoms with Crippen LogP contribution in [0, 0.1) is 25.7 Å². The van der Waals surface area contributed by atoms with Gasteiger partial charge in [0.2, 0.25) is 11.8 Å². The van der Waals surface area contributed by atoms with Gasteiger partial charge in [0.15, 0.2) is 11.6 Å². The SMILES string of the molecule is CC(=O)N1CCN(C(=O)CN2C[C@H](C(=O)c3ccccc3)[C@@H](c3cccc(C)c3C)[C@H](C(=O)c3ccccc3)C2)CC1. The van der Waals surface area contributed by atoms with Crippen LogP contribution >= 0.6 is 0 Å². The summed E-state index contributed by atoms with van der Waals surface area (Å²) >= 11 is 0. The fourth-order valence-electron chi connectivity index (χ4n) is 6.52. The molecular weight excluding hydrogens is 526 g/mol. The van der Waals surface area contributed by atoms with Gasteiger partial charge in [-0.15, -0.1) is 0 Å². The molecule has 3 aromatic rings. The number of likely N-dealkylation sites (tertiary alicyclic amines) is 1. The average molecular weight is 566 g/mol. The van der Waals surface area contributed by atoms with Crippen LogP contribution in [-0.4, -0.2) is 83.9 Å². The number of hydrogen-bond donors (Lipinski definition) is 0. The summed E-state index contributed by atoms with van der Waals surface area (Å²) in [4.78, 5) is 59.3. The van der Waals surface area contributed by atoms with Gasteiger partial charge in [-0.25, -0.2) is 0 Å². The number of carbonyl (C=O) groups is 4. The zero-order valence-electron chi connectivity index (χ0n) is 24.7. The Hall–Kier alpha value is -4.10. The van der Waals surface area contributed by atoms with Gasteiger partial charge in [0.05, 0.1) is 6.54 Å². The highest BCUT2D eigenvalue weighted by Crippen LogP contribution is 2.42. The van der Waals surface area contributed by atoms with Crippen molar-refractivity contribution >= 4 is 23.4 Å². The lowest BCUT2D eigenvalue weighted by molar-refractivity contribution is -0.139. The van der Waals surface area contributed by atoms with Crippen molar-refractivity contribution in [3.63, 3.8) is 0 Å². The van der Waals surface area contributed by atoms with Gasteiger partial charge in [0, 0.05) is 75.1 Å². The zero-order valence-corrected chi connectivity index (χ0v) is 24.7. The summed E-state index contributed by atoms with van der Waals surface area (Å²) in [5.74, 6) is -1.42. The first-order valence-corrected chi connectivity index (χ1v) is 14.7. The van der Waals surface area contributed by atoms with E-state index in [0.29, 0.717) is 50.4 Å². The Morgan fingerprint density at radius 2 is 1.17 bits per heavy atom. The van der Waals surface area contributed by atoms with Crippen molar-refractivity contribution < 1.29 is 19.2 Å². The Morgan fingerprint density at radius 3 is 1.67 bits per heavy atom. The van der Waals surface area contributed by atoms with E-state index in [0.717, 1.165) is 16.7 Å². The van der Waals surface area contributed by atoms with Gasteiger partial charge in [-0.1, -0.05) is 78.9 Å². The van der Waals surface area contributed by atoms with Crippen LogP contribution < -0.4 is 0 Å². The van der Waals surface area contributed by atoms with Crippen molar-refractivity contribution in [3.05, 3.63) is 107 Å². The second-order valence-corrected chi connectivity index (χ2v) is 11.6. The first-order chi connectivity index (χ1) is 20.2. The molecule has 3 atom stereocenters. The summed E-state index contributed by atoms with van der Waals surface area (Å²) in [6.07, 6.45) is 0. The van der Waals surface area contributed by atoms with E-state index in [2.05, 4.69) is 26.0 Å². The number of piperazine rings is 1. The molecule has 3 aromatic carbocycles. The van der Waals surface area contributed by atoms with E-state index in [-0.39, 0.29) is 35.8 Å². The summed E-state index contributed by atoms with van der Waals surface area (Å²) in [6, 6.07) is 24.6. The van der Waals surface area contributed by atoms with E-state index in [1.165, 1.54) is 0 Å². The van der Waals surface area contributed by atoms with Crippen LogP contribution in [0.4, 0.5) is 0 Å². The molecule has 2 aliphatic rings. The van der Waals surface area contributed by atoms with Gasteiger partial charge in [-0.3, -0.25) is 24.1 Å². The zero-order chi connectivity index (χ0) is 29.8. The Bertz CT molecular complexity index is 1390. The predicted octanol–water partition coefficient (Wildman–Crippen LogP) is 4.39. The second-order valence-electron chi connectivity index (χ2n) is 11.6. The van der Waals surface area contributed by atoms with Crippen molar-refractivity contribution in [1.82, 2.24) is 14.7 Å². The molecule has 7 heteroatoms. The number of carbonyl (C=O) groups excluding carboxylic acids is 4. The Morgan fingerprint density at radius 1 is 0.667 bits per heavy atom. The smallest absolute Gasteiger partial charge is 0.236 e. The summed E-state index contributed by atoms with van der Waals surface area (Å²) in [5.41, 5.74) is 4.44. The molecule has 5 rings (SSSR count). The fourth-order valence-corrected chi connectivity index (χ4v) is 6.52. The summed E-state index contributed by atoms with van der Waals surface area (Å²) in [7, 11) is 0. The van der Waals surface area contributed by atoms with Gasteiger partial charge in [0.25, 0.3) is 0 Å². The standard InChI is InChI=1S/C35H39N3O4/c1-24-11-10-16-29(25(24)2)33-30(34(41)27-12-6-4-7-13-27)21-36(22-31(33)35(42)28-14-8-5-9-15-28)23-32(40)38-19-17-37(18-20-38)26(3)39/h4-16,30-31,33H,17-23H2,1-3H3/t30-,31+,33+. The molecule has 0 aliphatic carbocycles. The molecule has 7 nitrogen and oxygen atoms in total. The molecule has 2 fully saturated rings. The first kappa shape index (κ1) is 29.4. The van der Waals surface area contributed by atoms with E-state index in [1.54, 1.807) is 16.7 Å². The molecular formula is C35H39N3O4. The van der Waals surface area contributed by atoms with Crippen LogP contribution in [-0.2, 0) is 9.59 Å². The molecule has 2 aliphatic heterocycles. The van der Waals surface area contributed by atoms with Crippen molar-refractivity contribution in [1.29, 1.82) is 0 Å². The highest BCUT2D eigenvalue weighted by atomic mass is 16.2. The summed E-state index contributed by atoms with van der Waals surface area (Å²) in [6.45, 7) is 8.54. The number of Topliss-reactive ketones (excluding diaryl/α,β-unsaturated/α-hetero) is 2. The second kappa shape index (κ2) is 12.8. The maximum absolute atomic E-state index is 14.2. The van der Waals surface area contributed by atoms with Crippen molar-refractivity contribution in [2.24, 2.45) is 11.8 Å².